The third kappa shape index (κ3) is 4.00. The Bertz CT molecular complexity index is 630. The molecule has 154 valence electrons. The van der Waals surface area contributed by atoms with Crippen LogP contribution in [0.5, 0.6) is 0 Å². The molecular weight excluding hydrogens is 390 g/mol. The SMILES string of the molecule is CN[C@H](C)CC1C[C@H](SC2=C(C(=O)O)N3C(=O)[C@H]([C@@H](C)O)[C@H]3[C@H]2C)CN1.Cl. The van der Waals surface area contributed by atoms with Gasteiger partial charge in [0.1, 0.15) is 5.70 Å². The molecule has 3 aliphatic heterocycles. The number of carbonyl (C=O) groups is 2. The van der Waals surface area contributed by atoms with Gasteiger partial charge in [-0.25, -0.2) is 4.79 Å². The first-order chi connectivity index (χ1) is 12.3. The first-order valence-corrected chi connectivity index (χ1v) is 10.2. The maximum absolute atomic E-state index is 12.4. The minimum Gasteiger partial charge on any atom is -0.477 e. The average Bonchev–Trinajstić information content (AvgIpc) is 3.09. The van der Waals surface area contributed by atoms with E-state index in [4.69, 9.17) is 0 Å². The van der Waals surface area contributed by atoms with Gasteiger partial charge in [-0.15, -0.1) is 24.2 Å². The summed E-state index contributed by atoms with van der Waals surface area (Å²) in [4.78, 5) is 26.4. The summed E-state index contributed by atoms with van der Waals surface area (Å²) in [6.07, 6.45) is 1.26. The maximum Gasteiger partial charge on any atom is 0.353 e. The third-order valence-corrected chi connectivity index (χ3v) is 7.43. The summed E-state index contributed by atoms with van der Waals surface area (Å²) in [5.41, 5.74) is 0.126. The number of hydrogen-bond acceptors (Lipinski definition) is 6. The first kappa shape index (κ1) is 22.5. The zero-order valence-corrected chi connectivity index (χ0v) is 17.8. The minimum atomic E-state index is -1.05. The Morgan fingerprint density at radius 3 is 2.67 bits per heavy atom. The quantitative estimate of drug-likeness (QED) is 0.457. The van der Waals surface area contributed by atoms with E-state index in [0.717, 1.165) is 24.3 Å². The molecule has 3 rings (SSSR count). The van der Waals surface area contributed by atoms with Crippen molar-refractivity contribution in [2.24, 2.45) is 11.8 Å². The van der Waals surface area contributed by atoms with Crippen molar-refractivity contribution in [1.82, 2.24) is 15.5 Å². The van der Waals surface area contributed by atoms with Crippen LogP contribution in [0.4, 0.5) is 0 Å². The second-order valence-corrected chi connectivity index (χ2v) is 9.12. The molecule has 3 heterocycles. The van der Waals surface area contributed by atoms with Gasteiger partial charge in [-0.2, -0.15) is 0 Å². The van der Waals surface area contributed by atoms with Crippen LogP contribution in [0.25, 0.3) is 0 Å². The number of carboxylic acids is 1. The van der Waals surface area contributed by atoms with Crippen molar-refractivity contribution in [1.29, 1.82) is 0 Å². The van der Waals surface area contributed by atoms with E-state index in [2.05, 4.69) is 17.6 Å². The Kier molecular flexibility index (Phi) is 7.24. The van der Waals surface area contributed by atoms with Crippen LogP contribution in [0.2, 0.25) is 0 Å². The fourth-order valence-electron chi connectivity index (χ4n) is 4.45. The van der Waals surface area contributed by atoms with Crippen molar-refractivity contribution in [3.05, 3.63) is 10.6 Å². The molecule has 0 bridgehead atoms. The molecule has 0 aliphatic carbocycles. The van der Waals surface area contributed by atoms with E-state index >= 15 is 0 Å². The second kappa shape index (κ2) is 8.69. The van der Waals surface area contributed by atoms with Gasteiger partial charge in [0.25, 0.3) is 0 Å². The Morgan fingerprint density at radius 1 is 1.44 bits per heavy atom. The topological polar surface area (TPSA) is 102 Å². The van der Waals surface area contributed by atoms with E-state index < -0.39 is 18.0 Å². The number of halogens is 1. The van der Waals surface area contributed by atoms with Crippen LogP contribution in [-0.4, -0.2) is 70.1 Å². The molecule has 2 fully saturated rings. The van der Waals surface area contributed by atoms with Crippen LogP contribution in [0, 0.1) is 11.8 Å². The van der Waals surface area contributed by atoms with Gasteiger partial charge in [0.2, 0.25) is 5.91 Å². The number of aliphatic carboxylic acids is 1. The van der Waals surface area contributed by atoms with Crippen LogP contribution in [0.1, 0.15) is 33.6 Å². The Balaban J connectivity index is 0.00000261. The van der Waals surface area contributed by atoms with E-state index in [9.17, 15) is 19.8 Å². The van der Waals surface area contributed by atoms with Gasteiger partial charge in [-0.05, 0) is 33.7 Å². The molecule has 0 aromatic heterocycles. The fraction of sp³-hybridized carbons (Fsp3) is 0.778. The molecule has 2 saturated heterocycles. The summed E-state index contributed by atoms with van der Waals surface area (Å²) in [6.45, 7) is 6.57. The van der Waals surface area contributed by atoms with E-state index in [1.165, 1.54) is 4.90 Å². The van der Waals surface area contributed by atoms with Crippen LogP contribution >= 0.6 is 24.2 Å². The van der Waals surface area contributed by atoms with Crippen LogP contribution in [0.3, 0.4) is 0 Å². The van der Waals surface area contributed by atoms with Crippen LogP contribution in [-0.2, 0) is 9.59 Å². The van der Waals surface area contributed by atoms with Gasteiger partial charge in [0.15, 0.2) is 0 Å². The van der Waals surface area contributed by atoms with E-state index in [0.29, 0.717) is 17.3 Å². The first-order valence-electron chi connectivity index (χ1n) is 9.32. The molecule has 1 amide bonds. The molecular formula is C18H30ClN3O4S. The summed E-state index contributed by atoms with van der Waals surface area (Å²) < 4.78 is 0. The van der Waals surface area contributed by atoms with E-state index in [-0.39, 0.29) is 36.0 Å². The van der Waals surface area contributed by atoms with Gasteiger partial charge in [0.05, 0.1) is 18.1 Å². The maximum atomic E-state index is 12.4. The molecule has 1 unspecified atom stereocenters. The number of carbonyl (C=O) groups excluding carboxylic acids is 1. The number of fused-ring (bicyclic) bond motifs is 1. The number of nitrogens with one attached hydrogen (secondary N) is 2. The number of β-lactam (4-membered cyclic amide) rings is 1. The fourth-order valence-corrected chi connectivity index (χ4v) is 5.97. The van der Waals surface area contributed by atoms with Crippen molar-refractivity contribution in [2.45, 2.75) is 63.1 Å². The number of carboxylic acid groups (broad SMARTS) is 1. The predicted octanol–water partition coefficient (Wildman–Crippen LogP) is 1.02. The zero-order valence-electron chi connectivity index (χ0n) is 16.1. The molecule has 0 spiro atoms. The molecule has 3 aliphatic rings. The highest BCUT2D eigenvalue weighted by Gasteiger charge is 2.60. The lowest BCUT2D eigenvalue weighted by Crippen LogP contribution is -2.63. The number of hydrogen-bond donors (Lipinski definition) is 4. The number of amides is 1. The molecule has 27 heavy (non-hydrogen) atoms. The van der Waals surface area contributed by atoms with Gasteiger partial charge in [0, 0.05) is 34.7 Å². The molecule has 9 heteroatoms. The number of aliphatic hydroxyl groups excluding tert-OH is 1. The lowest BCUT2D eigenvalue weighted by molar-refractivity contribution is -0.163. The largest absolute Gasteiger partial charge is 0.477 e. The monoisotopic (exact) mass is 419 g/mol. The van der Waals surface area contributed by atoms with Gasteiger partial charge < -0.3 is 25.7 Å². The number of rotatable bonds is 7. The van der Waals surface area contributed by atoms with E-state index in [1.807, 2.05) is 14.0 Å². The predicted molar refractivity (Wildman–Crippen MR) is 108 cm³/mol. The van der Waals surface area contributed by atoms with Crippen LogP contribution in [0.15, 0.2) is 10.6 Å². The standard InChI is InChI=1S/C18H29N3O4S.ClH/c1-8(19-4)5-11-6-12(7-20-11)26-16-9(2)14-13(10(3)22)17(23)21(14)15(16)18(24)25;/h8-14,19-20,22H,5-7H2,1-4H3,(H,24,25);1H/t8-,9-,10-,11?,12+,13-,14-;/m1./s1. The highest BCUT2D eigenvalue weighted by molar-refractivity contribution is 8.03. The average molecular weight is 420 g/mol. The van der Waals surface area contributed by atoms with Crippen molar-refractivity contribution >= 4 is 36.0 Å². The number of nitrogens with zero attached hydrogens (tertiary/aromatic N) is 1. The number of thioether (sulfide) groups is 1. The lowest BCUT2D eigenvalue weighted by atomic mass is 9.79. The summed E-state index contributed by atoms with van der Waals surface area (Å²) in [5, 5.41) is 26.7. The van der Waals surface area contributed by atoms with Gasteiger partial charge in [-0.3, -0.25) is 4.79 Å². The van der Waals surface area contributed by atoms with Crippen molar-refractivity contribution in [2.75, 3.05) is 13.6 Å². The molecule has 0 radical (unpaired) electrons. The van der Waals surface area contributed by atoms with Gasteiger partial charge >= 0.3 is 5.97 Å². The van der Waals surface area contributed by atoms with Crippen molar-refractivity contribution < 1.29 is 19.8 Å². The minimum absolute atomic E-state index is 0. The molecule has 0 aromatic carbocycles. The number of aliphatic hydroxyl groups is 1. The molecule has 7 nitrogen and oxygen atoms in total. The van der Waals surface area contributed by atoms with Crippen molar-refractivity contribution in [3.8, 4) is 0 Å². The summed E-state index contributed by atoms with van der Waals surface area (Å²) >= 11 is 1.60. The second-order valence-electron chi connectivity index (χ2n) is 7.78. The molecule has 7 atom stereocenters. The molecule has 0 saturated carbocycles. The molecule has 4 N–H and O–H groups in total. The Hall–Kier alpha value is -0.800. The molecule has 0 aromatic rings. The Labute approximate surface area is 170 Å². The lowest BCUT2D eigenvalue weighted by Gasteiger charge is -2.46. The van der Waals surface area contributed by atoms with Gasteiger partial charge in [-0.1, -0.05) is 6.92 Å². The highest BCUT2D eigenvalue weighted by atomic mass is 35.5. The summed E-state index contributed by atoms with van der Waals surface area (Å²) in [7, 11) is 1.95. The van der Waals surface area contributed by atoms with E-state index in [1.54, 1.807) is 18.7 Å². The van der Waals surface area contributed by atoms with Crippen LogP contribution < -0.4 is 10.6 Å². The summed E-state index contributed by atoms with van der Waals surface area (Å²) in [6, 6.07) is 0.622. The highest BCUT2D eigenvalue weighted by Crippen LogP contribution is 2.51. The van der Waals surface area contributed by atoms with Crippen molar-refractivity contribution in [3.63, 3.8) is 0 Å². The Morgan fingerprint density at radius 2 is 2.11 bits per heavy atom. The smallest absolute Gasteiger partial charge is 0.353 e. The third-order valence-electron chi connectivity index (χ3n) is 5.92. The zero-order chi connectivity index (χ0) is 19.2. The summed E-state index contributed by atoms with van der Waals surface area (Å²) in [5.74, 6) is -1.87. The normalized spacial score (nSPS) is 34.8.